The molecule has 0 radical (unpaired) electrons. The van der Waals surface area contributed by atoms with Gasteiger partial charge < -0.3 is 10.1 Å². The lowest BCUT2D eigenvalue weighted by atomic mass is 10.1. The molecule has 30 heavy (non-hydrogen) atoms. The minimum atomic E-state index is -0.175. The number of benzene rings is 2. The molecular formula is C24H22N4O2. The Bertz CT molecular complexity index is 1120. The molecule has 6 heteroatoms. The molecule has 6 nitrogen and oxygen atoms in total. The topological polar surface area (TPSA) is 69.0 Å². The average molecular weight is 398 g/mol. The van der Waals surface area contributed by atoms with Crippen LogP contribution in [0.4, 0.5) is 0 Å². The Hall–Kier alpha value is -3.93. The van der Waals surface area contributed by atoms with Crippen LogP contribution in [0.15, 0.2) is 85.2 Å². The molecule has 4 aromatic rings. The van der Waals surface area contributed by atoms with E-state index in [1.165, 1.54) is 0 Å². The molecule has 0 aliphatic carbocycles. The highest BCUT2D eigenvalue weighted by Gasteiger charge is 2.19. The molecule has 2 heterocycles. The van der Waals surface area contributed by atoms with Crippen molar-refractivity contribution in [1.82, 2.24) is 20.1 Å². The number of rotatable bonds is 7. The zero-order valence-corrected chi connectivity index (χ0v) is 16.7. The van der Waals surface area contributed by atoms with Crippen LogP contribution in [0.25, 0.3) is 16.9 Å². The minimum Gasteiger partial charge on any atom is -0.497 e. The predicted octanol–water partition coefficient (Wildman–Crippen LogP) is 3.92. The monoisotopic (exact) mass is 398 g/mol. The Morgan fingerprint density at radius 3 is 2.63 bits per heavy atom. The molecule has 150 valence electrons. The molecule has 1 amide bonds. The number of amides is 1. The van der Waals surface area contributed by atoms with Gasteiger partial charge in [-0.3, -0.25) is 9.78 Å². The number of nitrogens with one attached hydrogen (secondary N) is 1. The van der Waals surface area contributed by atoms with Gasteiger partial charge in [0.05, 0.1) is 18.4 Å². The number of pyridine rings is 1. The van der Waals surface area contributed by atoms with E-state index >= 15 is 0 Å². The number of aromatic nitrogens is 3. The van der Waals surface area contributed by atoms with Crippen LogP contribution >= 0.6 is 0 Å². The first-order valence-corrected chi connectivity index (χ1v) is 9.72. The van der Waals surface area contributed by atoms with Gasteiger partial charge in [-0.2, -0.15) is 5.10 Å². The van der Waals surface area contributed by atoms with Crippen molar-refractivity contribution >= 4 is 5.91 Å². The number of carbonyl (C=O) groups excluding carboxylic acids is 1. The lowest BCUT2D eigenvalue weighted by molar-refractivity contribution is 0.0954. The SMILES string of the molecule is COc1cccc(-c2nn(-c3ccccc3)cc2C(=O)NCCc2ccccn2)c1. The lowest BCUT2D eigenvalue weighted by Crippen LogP contribution is -2.26. The molecule has 0 aliphatic heterocycles. The van der Waals surface area contributed by atoms with E-state index < -0.39 is 0 Å². The first kappa shape index (κ1) is 19.4. The van der Waals surface area contributed by atoms with Crippen LogP contribution in [0.1, 0.15) is 16.1 Å². The van der Waals surface area contributed by atoms with E-state index in [0.717, 1.165) is 16.9 Å². The van der Waals surface area contributed by atoms with Crippen molar-refractivity contribution in [1.29, 1.82) is 0 Å². The van der Waals surface area contributed by atoms with Crippen molar-refractivity contribution < 1.29 is 9.53 Å². The number of hydrogen-bond donors (Lipinski definition) is 1. The highest BCUT2D eigenvalue weighted by atomic mass is 16.5. The summed E-state index contributed by atoms with van der Waals surface area (Å²) in [6.45, 7) is 0.490. The van der Waals surface area contributed by atoms with Gasteiger partial charge >= 0.3 is 0 Å². The first-order valence-electron chi connectivity index (χ1n) is 9.72. The summed E-state index contributed by atoms with van der Waals surface area (Å²) in [4.78, 5) is 17.3. The van der Waals surface area contributed by atoms with E-state index in [0.29, 0.717) is 30.0 Å². The van der Waals surface area contributed by atoms with Gasteiger partial charge in [0.15, 0.2) is 0 Å². The second kappa shape index (κ2) is 9.05. The molecule has 1 N–H and O–H groups in total. The van der Waals surface area contributed by atoms with Crippen LogP contribution in [-0.4, -0.2) is 34.3 Å². The normalized spacial score (nSPS) is 10.6. The molecule has 0 spiro atoms. The van der Waals surface area contributed by atoms with Crippen molar-refractivity contribution in [2.45, 2.75) is 6.42 Å². The van der Waals surface area contributed by atoms with Crippen LogP contribution in [-0.2, 0) is 6.42 Å². The molecule has 0 bridgehead atoms. The van der Waals surface area contributed by atoms with Crippen LogP contribution in [0.3, 0.4) is 0 Å². The van der Waals surface area contributed by atoms with E-state index in [1.807, 2.05) is 72.8 Å². The van der Waals surface area contributed by atoms with E-state index in [4.69, 9.17) is 9.84 Å². The third-order valence-electron chi connectivity index (χ3n) is 4.72. The molecule has 0 saturated carbocycles. The zero-order valence-electron chi connectivity index (χ0n) is 16.7. The van der Waals surface area contributed by atoms with Gasteiger partial charge in [0.2, 0.25) is 0 Å². The first-order chi connectivity index (χ1) is 14.7. The lowest BCUT2D eigenvalue weighted by Gasteiger charge is -2.06. The molecule has 4 rings (SSSR count). The molecule has 0 aliphatic rings. The van der Waals surface area contributed by atoms with E-state index in [-0.39, 0.29) is 5.91 Å². The minimum absolute atomic E-state index is 0.175. The molecule has 0 fully saturated rings. The fourth-order valence-corrected chi connectivity index (χ4v) is 3.18. The summed E-state index contributed by atoms with van der Waals surface area (Å²) in [5.74, 6) is 0.536. The van der Waals surface area contributed by atoms with Crippen LogP contribution in [0, 0.1) is 0 Å². The molecule has 0 saturated heterocycles. The summed E-state index contributed by atoms with van der Waals surface area (Å²) in [5, 5.41) is 7.69. The highest BCUT2D eigenvalue weighted by Crippen LogP contribution is 2.27. The third kappa shape index (κ3) is 4.38. The summed E-state index contributed by atoms with van der Waals surface area (Å²) >= 11 is 0. The Morgan fingerprint density at radius 2 is 1.87 bits per heavy atom. The quantitative estimate of drug-likeness (QED) is 0.512. The van der Waals surface area contributed by atoms with Crippen LogP contribution in [0.5, 0.6) is 5.75 Å². The maximum atomic E-state index is 13.0. The van der Waals surface area contributed by atoms with Gasteiger partial charge in [-0.05, 0) is 36.4 Å². The Morgan fingerprint density at radius 1 is 1.03 bits per heavy atom. The Balaban J connectivity index is 1.62. The number of ether oxygens (including phenoxy) is 1. The number of nitrogens with zero attached hydrogens (tertiary/aromatic N) is 3. The number of para-hydroxylation sites is 1. The van der Waals surface area contributed by atoms with Gasteiger partial charge in [0.1, 0.15) is 11.4 Å². The van der Waals surface area contributed by atoms with Crippen LogP contribution < -0.4 is 10.1 Å². The number of methoxy groups -OCH3 is 1. The van der Waals surface area contributed by atoms with Crippen molar-refractivity contribution in [2.75, 3.05) is 13.7 Å². The Labute approximate surface area is 175 Å². The standard InChI is InChI=1S/C24H22N4O2/c1-30-21-12-7-8-18(16-21)23-22(17-28(27-23)20-10-3-2-4-11-20)24(29)26-15-13-19-9-5-6-14-25-19/h2-12,14,16-17H,13,15H2,1H3,(H,26,29). The molecule has 0 unspecified atom stereocenters. The number of carbonyl (C=O) groups is 1. The third-order valence-corrected chi connectivity index (χ3v) is 4.72. The summed E-state index contributed by atoms with van der Waals surface area (Å²) in [6.07, 6.45) is 4.18. The van der Waals surface area contributed by atoms with Crippen LogP contribution in [0.2, 0.25) is 0 Å². The Kier molecular flexibility index (Phi) is 5.85. The van der Waals surface area contributed by atoms with E-state index in [1.54, 1.807) is 24.2 Å². The molecule has 0 atom stereocenters. The van der Waals surface area contributed by atoms with Gasteiger partial charge in [-0.1, -0.05) is 36.4 Å². The van der Waals surface area contributed by atoms with Crippen molar-refractivity contribution in [3.05, 3.63) is 96.4 Å². The zero-order chi connectivity index (χ0) is 20.8. The van der Waals surface area contributed by atoms with Crippen molar-refractivity contribution in [3.8, 4) is 22.7 Å². The predicted molar refractivity (Wildman–Crippen MR) is 116 cm³/mol. The molecule has 2 aromatic carbocycles. The van der Waals surface area contributed by atoms with Crippen molar-refractivity contribution in [2.24, 2.45) is 0 Å². The molecule has 2 aromatic heterocycles. The fourth-order valence-electron chi connectivity index (χ4n) is 3.18. The summed E-state index contributed by atoms with van der Waals surface area (Å²) in [6, 6.07) is 23.0. The second-order valence-corrected chi connectivity index (χ2v) is 6.73. The smallest absolute Gasteiger partial charge is 0.255 e. The summed E-state index contributed by atoms with van der Waals surface area (Å²) in [7, 11) is 1.62. The second-order valence-electron chi connectivity index (χ2n) is 6.73. The van der Waals surface area contributed by atoms with Gasteiger partial charge in [0.25, 0.3) is 5.91 Å². The largest absolute Gasteiger partial charge is 0.497 e. The van der Waals surface area contributed by atoms with E-state index in [9.17, 15) is 4.79 Å². The average Bonchev–Trinajstić information content (AvgIpc) is 3.26. The van der Waals surface area contributed by atoms with Gasteiger partial charge in [-0.15, -0.1) is 0 Å². The van der Waals surface area contributed by atoms with Gasteiger partial charge in [-0.25, -0.2) is 4.68 Å². The summed E-state index contributed by atoms with van der Waals surface area (Å²) in [5.41, 5.74) is 3.75. The number of hydrogen-bond acceptors (Lipinski definition) is 4. The molecular weight excluding hydrogens is 376 g/mol. The fraction of sp³-hybridized carbons (Fsp3) is 0.125. The maximum Gasteiger partial charge on any atom is 0.255 e. The van der Waals surface area contributed by atoms with E-state index in [2.05, 4.69) is 10.3 Å². The summed E-state index contributed by atoms with van der Waals surface area (Å²) < 4.78 is 7.06. The van der Waals surface area contributed by atoms with Gasteiger partial charge in [0, 0.05) is 36.6 Å². The highest BCUT2D eigenvalue weighted by molar-refractivity contribution is 6.00. The maximum absolute atomic E-state index is 13.0. The van der Waals surface area contributed by atoms with Crippen molar-refractivity contribution in [3.63, 3.8) is 0 Å².